The lowest BCUT2D eigenvalue weighted by Gasteiger charge is -2.26. The van der Waals surface area contributed by atoms with Crippen molar-refractivity contribution in [3.05, 3.63) is 89.0 Å². The van der Waals surface area contributed by atoms with Gasteiger partial charge in [0, 0.05) is 5.69 Å². The molecule has 0 aliphatic carbocycles. The average Bonchev–Trinajstić information content (AvgIpc) is 2.89. The SMILES string of the molecule is CCOc1cc(/C=C2/C(=O)NC(=O)N(c3ccccc3)C2=O)ccc1OCC(=O)Nc1cccc(C)c1C. The van der Waals surface area contributed by atoms with Crippen molar-refractivity contribution in [3.8, 4) is 11.5 Å². The van der Waals surface area contributed by atoms with Crippen LogP contribution in [0.1, 0.15) is 23.6 Å². The van der Waals surface area contributed by atoms with Crippen molar-refractivity contribution in [3.63, 3.8) is 0 Å². The third-order valence-electron chi connectivity index (χ3n) is 5.93. The number of nitrogens with one attached hydrogen (secondary N) is 2. The highest BCUT2D eigenvalue weighted by atomic mass is 16.5. The minimum Gasteiger partial charge on any atom is -0.490 e. The van der Waals surface area contributed by atoms with Gasteiger partial charge in [0.15, 0.2) is 18.1 Å². The molecule has 3 aromatic carbocycles. The summed E-state index contributed by atoms with van der Waals surface area (Å²) in [5.74, 6) is -1.21. The lowest BCUT2D eigenvalue weighted by molar-refractivity contribution is -0.122. The molecule has 0 bridgehead atoms. The van der Waals surface area contributed by atoms with Crippen LogP contribution >= 0.6 is 0 Å². The van der Waals surface area contributed by atoms with Gasteiger partial charge in [-0.25, -0.2) is 9.69 Å². The van der Waals surface area contributed by atoms with E-state index in [0.717, 1.165) is 16.0 Å². The van der Waals surface area contributed by atoms with Gasteiger partial charge in [0.25, 0.3) is 17.7 Å². The van der Waals surface area contributed by atoms with Gasteiger partial charge in [-0.1, -0.05) is 36.4 Å². The number of barbiturate groups is 1. The second-order valence-corrected chi connectivity index (χ2v) is 8.52. The molecule has 4 rings (SSSR count). The molecule has 1 saturated heterocycles. The zero-order valence-corrected chi connectivity index (χ0v) is 21.2. The zero-order chi connectivity index (χ0) is 27.2. The first-order valence-electron chi connectivity index (χ1n) is 12.0. The summed E-state index contributed by atoms with van der Waals surface area (Å²) in [6.45, 7) is 5.76. The van der Waals surface area contributed by atoms with Crippen molar-refractivity contribution < 1.29 is 28.7 Å². The van der Waals surface area contributed by atoms with E-state index in [1.165, 1.54) is 6.08 Å². The third-order valence-corrected chi connectivity index (χ3v) is 5.93. The number of anilines is 2. The molecule has 38 heavy (non-hydrogen) atoms. The van der Waals surface area contributed by atoms with E-state index in [0.29, 0.717) is 35.0 Å². The lowest BCUT2D eigenvalue weighted by atomic mass is 10.1. The molecule has 0 unspecified atom stereocenters. The smallest absolute Gasteiger partial charge is 0.335 e. The number of aryl methyl sites for hydroxylation is 1. The van der Waals surface area contributed by atoms with Crippen LogP contribution in [0.4, 0.5) is 16.2 Å². The number of imide groups is 2. The number of carbonyl (C=O) groups excluding carboxylic acids is 4. The highest BCUT2D eigenvalue weighted by Crippen LogP contribution is 2.30. The molecule has 1 heterocycles. The average molecular weight is 514 g/mol. The molecular weight excluding hydrogens is 486 g/mol. The predicted octanol–water partition coefficient (Wildman–Crippen LogP) is 4.39. The van der Waals surface area contributed by atoms with Crippen LogP contribution in [-0.4, -0.2) is 37.0 Å². The Balaban J connectivity index is 1.53. The summed E-state index contributed by atoms with van der Waals surface area (Å²) in [6, 6.07) is 18.0. The number of carbonyl (C=O) groups is 4. The monoisotopic (exact) mass is 513 g/mol. The fraction of sp³-hybridized carbons (Fsp3) is 0.172. The van der Waals surface area contributed by atoms with Gasteiger partial charge in [0.05, 0.1) is 12.3 Å². The highest BCUT2D eigenvalue weighted by Gasteiger charge is 2.36. The Labute approximate surface area is 220 Å². The first kappa shape index (κ1) is 26.2. The summed E-state index contributed by atoms with van der Waals surface area (Å²) < 4.78 is 11.4. The molecule has 1 aliphatic rings. The lowest BCUT2D eigenvalue weighted by Crippen LogP contribution is -2.54. The molecule has 1 aliphatic heterocycles. The minimum atomic E-state index is -0.818. The van der Waals surface area contributed by atoms with Crippen molar-refractivity contribution in [2.24, 2.45) is 0 Å². The van der Waals surface area contributed by atoms with E-state index in [2.05, 4.69) is 10.6 Å². The van der Waals surface area contributed by atoms with Crippen LogP contribution in [0.2, 0.25) is 0 Å². The Morgan fingerprint density at radius 2 is 1.71 bits per heavy atom. The van der Waals surface area contributed by atoms with Crippen LogP contribution in [0.25, 0.3) is 6.08 Å². The van der Waals surface area contributed by atoms with E-state index < -0.39 is 17.8 Å². The molecule has 1 fully saturated rings. The first-order chi connectivity index (χ1) is 18.3. The second-order valence-electron chi connectivity index (χ2n) is 8.52. The van der Waals surface area contributed by atoms with Gasteiger partial charge < -0.3 is 14.8 Å². The molecule has 0 saturated carbocycles. The number of hydrogen-bond donors (Lipinski definition) is 2. The maximum atomic E-state index is 13.1. The van der Waals surface area contributed by atoms with Crippen LogP contribution in [0.15, 0.2) is 72.3 Å². The Bertz CT molecular complexity index is 1430. The van der Waals surface area contributed by atoms with Crippen LogP contribution in [-0.2, 0) is 14.4 Å². The topological polar surface area (TPSA) is 114 Å². The van der Waals surface area contributed by atoms with E-state index in [9.17, 15) is 19.2 Å². The number of amides is 5. The van der Waals surface area contributed by atoms with Gasteiger partial charge in [-0.3, -0.25) is 19.7 Å². The summed E-state index contributed by atoms with van der Waals surface area (Å²) >= 11 is 0. The van der Waals surface area contributed by atoms with Crippen molar-refractivity contribution in [2.75, 3.05) is 23.4 Å². The standard InChI is InChI=1S/C29H27N3O6/c1-4-37-25-16-20(13-14-24(25)38-17-26(33)30-23-12-8-9-18(2)19(23)3)15-22-27(34)31-29(36)32(28(22)35)21-10-6-5-7-11-21/h5-16H,4,17H2,1-3H3,(H,30,33)(H,31,34,36)/b22-15-. The summed E-state index contributed by atoms with van der Waals surface area (Å²) in [7, 11) is 0. The van der Waals surface area contributed by atoms with Crippen molar-refractivity contribution in [1.29, 1.82) is 0 Å². The fourth-order valence-corrected chi connectivity index (χ4v) is 3.85. The fourth-order valence-electron chi connectivity index (χ4n) is 3.85. The Hall–Kier alpha value is -4.92. The molecule has 0 atom stereocenters. The quantitative estimate of drug-likeness (QED) is 0.341. The van der Waals surface area contributed by atoms with E-state index in [1.807, 2.05) is 32.0 Å². The zero-order valence-electron chi connectivity index (χ0n) is 21.2. The molecule has 0 radical (unpaired) electrons. The second kappa shape index (κ2) is 11.4. The minimum absolute atomic E-state index is 0.211. The van der Waals surface area contributed by atoms with Crippen LogP contribution in [0.3, 0.4) is 0 Å². The molecule has 5 amide bonds. The summed E-state index contributed by atoms with van der Waals surface area (Å²) in [4.78, 5) is 51.3. The summed E-state index contributed by atoms with van der Waals surface area (Å²) in [6.07, 6.45) is 1.37. The Morgan fingerprint density at radius 3 is 2.45 bits per heavy atom. The number of ether oxygens (including phenoxy) is 2. The summed E-state index contributed by atoms with van der Waals surface area (Å²) in [5, 5.41) is 5.04. The van der Waals surface area contributed by atoms with E-state index in [4.69, 9.17) is 9.47 Å². The Kier molecular flexibility index (Phi) is 7.86. The van der Waals surface area contributed by atoms with Crippen LogP contribution < -0.4 is 25.0 Å². The first-order valence-corrected chi connectivity index (χ1v) is 12.0. The maximum absolute atomic E-state index is 13.1. The molecule has 194 valence electrons. The van der Waals surface area contributed by atoms with Gasteiger partial charge in [0.1, 0.15) is 5.57 Å². The molecule has 2 N–H and O–H groups in total. The normalized spacial score (nSPS) is 14.3. The van der Waals surface area contributed by atoms with E-state index in [-0.39, 0.29) is 18.1 Å². The molecule has 9 nitrogen and oxygen atoms in total. The number of hydrogen-bond acceptors (Lipinski definition) is 6. The number of para-hydroxylation sites is 1. The molecule has 0 spiro atoms. The van der Waals surface area contributed by atoms with Crippen LogP contribution in [0, 0.1) is 13.8 Å². The largest absolute Gasteiger partial charge is 0.490 e. The van der Waals surface area contributed by atoms with Gasteiger partial charge in [-0.05, 0) is 73.9 Å². The number of benzene rings is 3. The molecular formula is C29H27N3O6. The maximum Gasteiger partial charge on any atom is 0.335 e. The predicted molar refractivity (Wildman–Crippen MR) is 143 cm³/mol. The number of rotatable bonds is 8. The molecule has 3 aromatic rings. The Morgan fingerprint density at radius 1 is 0.947 bits per heavy atom. The van der Waals surface area contributed by atoms with E-state index in [1.54, 1.807) is 55.5 Å². The molecule has 0 aromatic heterocycles. The summed E-state index contributed by atoms with van der Waals surface area (Å²) in [5.41, 5.74) is 3.35. The van der Waals surface area contributed by atoms with Gasteiger partial charge in [-0.15, -0.1) is 0 Å². The van der Waals surface area contributed by atoms with Gasteiger partial charge >= 0.3 is 6.03 Å². The van der Waals surface area contributed by atoms with Crippen molar-refractivity contribution in [1.82, 2.24) is 5.32 Å². The third kappa shape index (κ3) is 5.73. The van der Waals surface area contributed by atoms with Gasteiger partial charge in [-0.2, -0.15) is 0 Å². The van der Waals surface area contributed by atoms with Crippen molar-refractivity contribution in [2.45, 2.75) is 20.8 Å². The van der Waals surface area contributed by atoms with Crippen molar-refractivity contribution >= 4 is 41.2 Å². The number of urea groups is 1. The molecule has 9 heteroatoms. The van der Waals surface area contributed by atoms with E-state index >= 15 is 0 Å². The van der Waals surface area contributed by atoms with Gasteiger partial charge in [0.2, 0.25) is 0 Å². The number of nitrogens with zero attached hydrogens (tertiary/aromatic N) is 1. The highest BCUT2D eigenvalue weighted by molar-refractivity contribution is 6.39. The van der Waals surface area contributed by atoms with Crippen LogP contribution in [0.5, 0.6) is 11.5 Å².